The quantitative estimate of drug-likeness (QED) is 0.341. The summed E-state index contributed by atoms with van der Waals surface area (Å²) in [5.74, 6) is 0.346. The van der Waals surface area contributed by atoms with E-state index in [1.54, 1.807) is 0 Å². The Morgan fingerprint density at radius 3 is 2.10 bits per heavy atom. The molecular formula is C26H26ClNO. The summed E-state index contributed by atoms with van der Waals surface area (Å²) in [5.41, 5.74) is 3.40. The van der Waals surface area contributed by atoms with Crippen LogP contribution in [0.15, 0.2) is 84.9 Å². The molecule has 3 aromatic carbocycles. The molecule has 0 heterocycles. The molecule has 0 aliphatic carbocycles. The first-order valence-corrected chi connectivity index (χ1v) is 10.3. The molecule has 2 nitrogen and oxygen atoms in total. The van der Waals surface area contributed by atoms with Gasteiger partial charge in [-0.1, -0.05) is 104 Å². The van der Waals surface area contributed by atoms with Crippen molar-refractivity contribution in [1.29, 1.82) is 0 Å². The Morgan fingerprint density at radius 2 is 1.48 bits per heavy atom. The molecule has 1 N–H and O–H groups in total. The average Bonchev–Trinajstić information content (AvgIpc) is 2.73. The van der Waals surface area contributed by atoms with Gasteiger partial charge < -0.3 is 5.32 Å². The molecule has 0 bridgehead atoms. The molecule has 3 aromatic rings. The molecule has 1 amide bonds. The van der Waals surface area contributed by atoms with E-state index in [1.807, 2.05) is 78.9 Å². The van der Waals surface area contributed by atoms with Gasteiger partial charge in [0.1, 0.15) is 0 Å². The minimum atomic E-state index is -0.106. The number of hydrogen-bond donors (Lipinski definition) is 1. The van der Waals surface area contributed by atoms with E-state index in [0.717, 1.165) is 23.1 Å². The van der Waals surface area contributed by atoms with E-state index in [9.17, 15) is 4.79 Å². The van der Waals surface area contributed by atoms with Gasteiger partial charge in [-0.15, -0.1) is 0 Å². The molecule has 0 aromatic heterocycles. The Balaban J connectivity index is 1.97. The van der Waals surface area contributed by atoms with Gasteiger partial charge in [0.25, 0.3) is 5.91 Å². The van der Waals surface area contributed by atoms with Gasteiger partial charge in [0, 0.05) is 10.6 Å². The Hall–Kier alpha value is -2.84. The molecule has 0 spiro atoms. The third-order valence-corrected chi connectivity index (χ3v) is 5.09. The lowest BCUT2D eigenvalue weighted by Crippen LogP contribution is -2.30. The van der Waals surface area contributed by atoms with Crippen LogP contribution in [0.25, 0.3) is 11.6 Å². The van der Waals surface area contributed by atoms with Crippen molar-refractivity contribution in [2.75, 3.05) is 0 Å². The molecule has 0 radical (unpaired) electrons. The van der Waals surface area contributed by atoms with Gasteiger partial charge in [-0.05, 0) is 41.2 Å². The fourth-order valence-corrected chi connectivity index (χ4v) is 3.51. The molecule has 0 unspecified atom stereocenters. The van der Waals surface area contributed by atoms with Crippen LogP contribution in [0.2, 0.25) is 5.02 Å². The second kappa shape index (κ2) is 10.1. The zero-order chi connectivity index (χ0) is 20.6. The van der Waals surface area contributed by atoms with Crippen LogP contribution in [0.1, 0.15) is 43.0 Å². The molecule has 0 saturated heterocycles. The van der Waals surface area contributed by atoms with Gasteiger partial charge in [-0.25, -0.2) is 0 Å². The number of benzene rings is 3. The highest BCUT2D eigenvalue weighted by atomic mass is 35.5. The third-order valence-electron chi connectivity index (χ3n) is 4.75. The Bertz CT molecular complexity index is 964. The van der Waals surface area contributed by atoms with E-state index < -0.39 is 0 Å². The number of carbonyl (C=O) groups excluding carboxylic acids is 1. The van der Waals surface area contributed by atoms with E-state index in [4.69, 9.17) is 11.6 Å². The van der Waals surface area contributed by atoms with Crippen LogP contribution in [0.4, 0.5) is 0 Å². The number of hydrogen-bond acceptors (Lipinski definition) is 1. The van der Waals surface area contributed by atoms with Crippen LogP contribution in [0, 0.1) is 5.92 Å². The fourth-order valence-electron chi connectivity index (χ4n) is 3.32. The van der Waals surface area contributed by atoms with Gasteiger partial charge >= 0.3 is 0 Å². The molecule has 0 fully saturated rings. The Labute approximate surface area is 178 Å². The molecule has 3 rings (SSSR count). The summed E-state index contributed by atoms with van der Waals surface area (Å²) < 4.78 is 0. The molecule has 148 valence electrons. The van der Waals surface area contributed by atoms with Crippen molar-refractivity contribution in [3.8, 4) is 0 Å². The predicted molar refractivity (Wildman–Crippen MR) is 123 cm³/mol. The highest BCUT2D eigenvalue weighted by Crippen LogP contribution is 2.26. The summed E-state index contributed by atoms with van der Waals surface area (Å²) in [5, 5.41) is 3.87. The van der Waals surface area contributed by atoms with Crippen LogP contribution >= 0.6 is 11.6 Å². The summed E-state index contributed by atoms with van der Waals surface area (Å²) in [6.45, 7) is 4.33. The highest BCUT2D eigenvalue weighted by Gasteiger charge is 2.20. The van der Waals surface area contributed by atoms with Crippen molar-refractivity contribution in [2.45, 2.75) is 26.3 Å². The minimum Gasteiger partial charge on any atom is -0.345 e. The SMILES string of the molecule is CC(C)C[C@@H](NC(=O)/C(=C/c1ccccc1Cl)c1ccccc1)c1ccccc1. The zero-order valence-corrected chi connectivity index (χ0v) is 17.6. The molecule has 29 heavy (non-hydrogen) atoms. The first-order chi connectivity index (χ1) is 14.0. The van der Waals surface area contributed by atoms with Crippen molar-refractivity contribution in [2.24, 2.45) is 5.92 Å². The topological polar surface area (TPSA) is 29.1 Å². The predicted octanol–water partition coefficient (Wildman–Crippen LogP) is 6.78. The van der Waals surface area contributed by atoms with E-state index in [1.165, 1.54) is 0 Å². The maximum atomic E-state index is 13.4. The first-order valence-electron chi connectivity index (χ1n) is 9.92. The maximum absolute atomic E-state index is 13.4. The fraction of sp³-hybridized carbons (Fsp3) is 0.192. The number of rotatable bonds is 7. The van der Waals surface area contributed by atoms with E-state index in [0.29, 0.717) is 16.5 Å². The largest absolute Gasteiger partial charge is 0.345 e. The molecule has 0 aliphatic rings. The van der Waals surface area contributed by atoms with Gasteiger partial charge in [0.15, 0.2) is 0 Å². The summed E-state index contributed by atoms with van der Waals surface area (Å²) in [7, 11) is 0. The second-order valence-corrected chi connectivity index (χ2v) is 7.92. The summed E-state index contributed by atoms with van der Waals surface area (Å²) in [6, 6.07) is 27.3. The molecule has 3 heteroatoms. The van der Waals surface area contributed by atoms with Crippen molar-refractivity contribution in [3.05, 3.63) is 107 Å². The molecule has 0 saturated carbocycles. The molecule has 0 aliphatic heterocycles. The summed E-state index contributed by atoms with van der Waals surface area (Å²) >= 11 is 6.35. The van der Waals surface area contributed by atoms with Crippen LogP contribution in [0.3, 0.4) is 0 Å². The average molecular weight is 404 g/mol. The number of halogens is 1. The lowest BCUT2D eigenvalue weighted by Gasteiger charge is -2.22. The summed E-state index contributed by atoms with van der Waals surface area (Å²) in [6.07, 6.45) is 2.73. The van der Waals surface area contributed by atoms with Crippen molar-refractivity contribution in [3.63, 3.8) is 0 Å². The number of carbonyl (C=O) groups is 1. The van der Waals surface area contributed by atoms with Crippen LogP contribution in [-0.2, 0) is 4.79 Å². The third kappa shape index (κ3) is 5.82. The van der Waals surface area contributed by atoms with Crippen LogP contribution < -0.4 is 5.32 Å². The maximum Gasteiger partial charge on any atom is 0.252 e. The highest BCUT2D eigenvalue weighted by molar-refractivity contribution is 6.33. The molecule has 1 atom stereocenters. The standard InChI is InChI=1S/C26H26ClNO/c1-19(2)17-25(21-13-7-4-8-14-21)28-26(29)23(20-11-5-3-6-12-20)18-22-15-9-10-16-24(22)27/h3-16,18-19,25H,17H2,1-2H3,(H,28,29)/b23-18+/t25-/m1/s1. The monoisotopic (exact) mass is 403 g/mol. The van der Waals surface area contributed by atoms with Gasteiger partial charge in [0.05, 0.1) is 6.04 Å². The summed E-state index contributed by atoms with van der Waals surface area (Å²) in [4.78, 5) is 13.4. The van der Waals surface area contributed by atoms with E-state index in [2.05, 4.69) is 31.3 Å². The van der Waals surface area contributed by atoms with E-state index in [-0.39, 0.29) is 11.9 Å². The van der Waals surface area contributed by atoms with Crippen molar-refractivity contribution >= 4 is 29.2 Å². The van der Waals surface area contributed by atoms with Crippen LogP contribution in [0.5, 0.6) is 0 Å². The normalized spacial score (nSPS) is 12.6. The van der Waals surface area contributed by atoms with Gasteiger partial charge in [-0.2, -0.15) is 0 Å². The number of nitrogens with one attached hydrogen (secondary N) is 1. The lowest BCUT2D eigenvalue weighted by atomic mass is 9.95. The number of amides is 1. The van der Waals surface area contributed by atoms with Crippen molar-refractivity contribution in [1.82, 2.24) is 5.32 Å². The smallest absolute Gasteiger partial charge is 0.252 e. The van der Waals surface area contributed by atoms with Crippen LogP contribution in [-0.4, -0.2) is 5.91 Å². The molecular weight excluding hydrogens is 378 g/mol. The zero-order valence-electron chi connectivity index (χ0n) is 16.8. The Kier molecular flexibility index (Phi) is 7.26. The van der Waals surface area contributed by atoms with Gasteiger partial charge in [-0.3, -0.25) is 4.79 Å². The van der Waals surface area contributed by atoms with Gasteiger partial charge in [0.2, 0.25) is 0 Å². The van der Waals surface area contributed by atoms with E-state index >= 15 is 0 Å². The lowest BCUT2D eigenvalue weighted by molar-refractivity contribution is -0.116. The van der Waals surface area contributed by atoms with Crippen molar-refractivity contribution < 1.29 is 4.79 Å². The first kappa shape index (κ1) is 20.9. The second-order valence-electron chi connectivity index (χ2n) is 7.51. The Morgan fingerprint density at radius 1 is 0.897 bits per heavy atom. The minimum absolute atomic E-state index is 0.0537.